The van der Waals surface area contributed by atoms with Gasteiger partial charge in [0.05, 0.1) is 157 Å². The average molecular weight is 1060 g/mol. The van der Waals surface area contributed by atoms with Crippen LogP contribution in [0.3, 0.4) is 0 Å². The van der Waals surface area contributed by atoms with Crippen LogP contribution in [-0.4, -0.2) is 239 Å². The number of pyridine rings is 1. The molecule has 3 heterocycles. The van der Waals surface area contributed by atoms with Gasteiger partial charge in [0.15, 0.2) is 0 Å². The Morgan fingerprint density at radius 1 is 0.671 bits per heavy atom. The maximum Gasteiger partial charge on any atom is 0.305 e. The van der Waals surface area contributed by atoms with E-state index in [4.69, 9.17) is 67.9 Å². The van der Waals surface area contributed by atoms with E-state index in [1.807, 2.05) is 18.2 Å². The summed E-state index contributed by atoms with van der Waals surface area (Å²) >= 11 is 0. The number of benzene rings is 1. The van der Waals surface area contributed by atoms with Crippen LogP contribution in [-0.2, 0) is 83.0 Å². The highest BCUT2D eigenvalue weighted by molar-refractivity contribution is 7.85. The number of rotatable bonds is 44. The fourth-order valence-electron chi connectivity index (χ4n) is 7.14. The second-order valence-electron chi connectivity index (χ2n) is 16.5. The fraction of sp³-hybridized carbons (Fsp3) is 0.723. The van der Waals surface area contributed by atoms with Gasteiger partial charge in [-0.25, -0.2) is 9.97 Å². The van der Waals surface area contributed by atoms with Crippen molar-refractivity contribution in [3.05, 3.63) is 24.0 Å². The number of carboxylic acids is 1. The smallest absolute Gasteiger partial charge is 0.305 e. The van der Waals surface area contributed by atoms with Crippen molar-refractivity contribution in [2.45, 2.75) is 45.1 Å². The van der Waals surface area contributed by atoms with Gasteiger partial charge in [0.25, 0.3) is 10.1 Å². The fourth-order valence-corrected chi connectivity index (χ4v) is 7.79. The van der Waals surface area contributed by atoms with E-state index in [2.05, 4.69) is 27.1 Å². The van der Waals surface area contributed by atoms with Crippen LogP contribution in [0, 0.1) is 0 Å². The topological polar surface area (TPSA) is 313 Å². The molecule has 0 aliphatic carbocycles. The Labute approximate surface area is 427 Å². The molecule has 73 heavy (non-hydrogen) atoms. The van der Waals surface area contributed by atoms with E-state index >= 15 is 0 Å². The van der Waals surface area contributed by atoms with Crippen molar-refractivity contribution in [3.8, 4) is 0 Å². The lowest BCUT2D eigenvalue weighted by Gasteiger charge is -2.37. The van der Waals surface area contributed by atoms with Crippen LogP contribution in [0.25, 0.3) is 21.9 Å². The third-order valence-corrected chi connectivity index (χ3v) is 11.6. The minimum atomic E-state index is -4.60. The van der Waals surface area contributed by atoms with Crippen molar-refractivity contribution >= 4 is 61.3 Å². The molecule has 1 saturated heterocycles. The molecule has 0 spiro atoms. The molecule has 1 atom stereocenters. The number of carbonyl (C=O) groups excluding carboxylic acids is 2. The third-order valence-electron chi connectivity index (χ3n) is 10.9. The number of nitrogen functional groups attached to an aromatic ring is 1. The molecule has 6 N–H and O–H groups in total. The van der Waals surface area contributed by atoms with Crippen LogP contribution in [0.4, 0.5) is 11.5 Å². The molecular formula is C47H77N7O18S. The van der Waals surface area contributed by atoms with E-state index in [1.54, 1.807) is 0 Å². The van der Waals surface area contributed by atoms with E-state index in [-0.39, 0.29) is 52.4 Å². The largest absolute Gasteiger partial charge is 0.481 e. The van der Waals surface area contributed by atoms with Crippen molar-refractivity contribution in [2.24, 2.45) is 0 Å². The van der Waals surface area contributed by atoms with E-state index in [0.29, 0.717) is 143 Å². The van der Waals surface area contributed by atoms with Crippen LogP contribution in [0.5, 0.6) is 0 Å². The lowest BCUT2D eigenvalue weighted by atomic mass is 10.1. The maximum absolute atomic E-state index is 13.5. The standard InChI is InChI=1S/C47H77N7O18S/c1-2-3-4-41-51-44-38-35-37(5-6-39(38)50-46(48)45(44)52-41)53-9-11-54(12-10-53)47(58)40(36-73(59,60)61)49-42(55)7-13-62-15-17-64-19-21-66-23-25-68-27-29-70-31-33-72-34-32-71-30-28-69-26-24-67-22-20-65-18-16-63-14-8-43(56)57/h5-6,35,40H,2-4,7-34,36H2,1H3,(H2,48,50)(H,49,55)(H,51,52)(H,56,57)(H,59,60,61)/t40-/m0/s1. The van der Waals surface area contributed by atoms with Gasteiger partial charge in [-0.15, -0.1) is 0 Å². The van der Waals surface area contributed by atoms with Crippen LogP contribution < -0.4 is 16.0 Å². The maximum atomic E-state index is 13.5. The number of hydrogen-bond donors (Lipinski definition) is 5. The molecule has 4 rings (SSSR count). The van der Waals surface area contributed by atoms with Crippen LogP contribution >= 0.6 is 0 Å². The summed E-state index contributed by atoms with van der Waals surface area (Å²) in [5.41, 5.74) is 9.33. The van der Waals surface area contributed by atoms with Gasteiger partial charge in [-0.2, -0.15) is 8.42 Å². The SMILES string of the molecule is CCCCc1nc2c([nH]1)c(N)nc1ccc(N3CCN(C(=O)[C@H](CS(=O)(=O)O)NC(=O)CCOCCOCCOCCOCCOCCOCCOCCOCCOCCOCCOCCC(=O)O)CC3)cc12. The summed E-state index contributed by atoms with van der Waals surface area (Å²) in [5.74, 6) is -1.81. The molecule has 25 nitrogen and oxygen atoms in total. The van der Waals surface area contributed by atoms with Gasteiger partial charge >= 0.3 is 5.97 Å². The summed E-state index contributed by atoms with van der Waals surface area (Å²) < 4.78 is 93.1. The Morgan fingerprint density at radius 3 is 1.53 bits per heavy atom. The molecule has 1 aromatic carbocycles. The molecule has 1 aliphatic heterocycles. The second kappa shape index (κ2) is 36.5. The molecule has 0 bridgehead atoms. The van der Waals surface area contributed by atoms with Crippen LogP contribution in [0.1, 0.15) is 38.4 Å². The van der Waals surface area contributed by atoms with Gasteiger partial charge in [-0.05, 0) is 24.6 Å². The molecule has 0 radical (unpaired) electrons. The quantitative estimate of drug-likeness (QED) is 0.0391. The highest BCUT2D eigenvalue weighted by Crippen LogP contribution is 2.30. The molecule has 1 aliphatic rings. The number of hydrogen-bond acceptors (Lipinski definition) is 20. The zero-order valence-electron chi connectivity index (χ0n) is 42.1. The zero-order valence-corrected chi connectivity index (χ0v) is 43.0. The lowest BCUT2D eigenvalue weighted by Crippen LogP contribution is -2.56. The van der Waals surface area contributed by atoms with Gasteiger partial charge in [-0.3, -0.25) is 18.9 Å². The first-order valence-electron chi connectivity index (χ1n) is 24.9. The first-order valence-corrected chi connectivity index (χ1v) is 26.5. The minimum Gasteiger partial charge on any atom is -0.481 e. The highest BCUT2D eigenvalue weighted by Gasteiger charge is 2.32. The summed E-state index contributed by atoms with van der Waals surface area (Å²) in [6, 6.07) is 4.36. The van der Waals surface area contributed by atoms with E-state index in [9.17, 15) is 27.4 Å². The van der Waals surface area contributed by atoms with Gasteiger partial charge in [0.2, 0.25) is 11.8 Å². The lowest BCUT2D eigenvalue weighted by molar-refractivity contribution is -0.138. The summed E-state index contributed by atoms with van der Waals surface area (Å²) in [5, 5.41) is 11.8. The number of aromatic nitrogens is 3. The number of aliphatic carboxylic acids is 1. The number of imidazole rings is 1. The van der Waals surface area contributed by atoms with Crippen molar-refractivity contribution in [3.63, 3.8) is 0 Å². The summed E-state index contributed by atoms with van der Waals surface area (Å²) in [6.07, 6.45) is 2.68. The van der Waals surface area contributed by atoms with Gasteiger partial charge in [-0.1, -0.05) is 13.3 Å². The number of nitrogens with two attached hydrogens (primary N) is 1. The zero-order chi connectivity index (χ0) is 52.4. The third kappa shape index (κ3) is 26.1. The van der Waals surface area contributed by atoms with Gasteiger partial charge in [0.1, 0.15) is 34.5 Å². The number of aryl methyl sites for hydroxylation is 1. The molecule has 26 heteroatoms. The highest BCUT2D eigenvalue weighted by atomic mass is 32.2. The Bertz CT molecular complexity index is 2130. The van der Waals surface area contributed by atoms with Crippen molar-refractivity contribution in [1.82, 2.24) is 25.2 Å². The number of fused-ring (bicyclic) bond motifs is 3. The molecule has 3 aromatic rings. The summed E-state index contributed by atoms with van der Waals surface area (Å²) in [4.78, 5) is 53.0. The molecule has 2 aromatic heterocycles. The van der Waals surface area contributed by atoms with E-state index in [1.165, 1.54) is 4.90 Å². The van der Waals surface area contributed by atoms with Crippen LogP contribution in [0.15, 0.2) is 18.2 Å². The van der Waals surface area contributed by atoms with E-state index < -0.39 is 39.7 Å². The number of carbonyl (C=O) groups is 3. The minimum absolute atomic E-state index is 0.00756. The van der Waals surface area contributed by atoms with Crippen molar-refractivity contribution < 1.29 is 84.6 Å². The molecule has 1 fully saturated rings. The number of nitrogens with one attached hydrogen (secondary N) is 2. The predicted molar refractivity (Wildman–Crippen MR) is 267 cm³/mol. The summed E-state index contributed by atoms with van der Waals surface area (Å²) in [6.45, 7) is 11.6. The predicted octanol–water partition coefficient (Wildman–Crippen LogP) is 1.10. The average Bonchev–Trinajstić information content (AvgIpc) is 3.81. The second-order valence-corrected chi connectivity index (χ2v) is 18.0. The van der Waals surface area contributed by atoms with Gasteiger partial charge < -0.3 is 83.0 Å². The molecular weight excluding hydrogens is 983 g/mol. The molecule has 0 saturated carbocycles. The number of aromatic amines is 1. The molecule has 414 valence electrons. The molecule has 2 amide bonds. The number of H-pyrrole nitrogens is 1. The number of unbranched alkanes of at least 4 members (excludes halogenated alkanes) is 1. The van der Waals surface area contributed by atoms with Gasteiger partial charge in [0, 0.05) is 50.1 Å². The van der Waals surface area contributed by atoms with E-state index in [0.717, 1.165) is 47.2 Å². The van der Waals surface area contributed by atoms with Crippen LogP contribution in [0.2, 0.25) is 0 Å². The first kappa shape index (κ1) is 61.1. The Hall–Kier alpha value is -4.42. The Balaban J connectivity index is 0.920. The monoisotopic (exact) mass is 1060 g/mol. The first-order chi connectivity index (χ1) is 35.4. The van der Waals surface area contributed by atoms with Crippen molar-refractivity contribution in [2.75, 3.05) is 188 Å². The normalized spacial score (nSPS) is 13.6. The number of amides is 2. The molecule has 0 unspecified atom stereocenters. The number of carboxylic acid groups (broad SMARTS) is 1. The number of ether oxygens (including phenoxy) is 11. The summed E-state index contributed by atoms with van der Waals surface area (Å²) in [7, 11) is -4.60. The van der Waals surface area contributed by atoms with Crippen molar-refractivity contribution in [1.29, 1.82) is 0 Å². The number of nitrogens with zero attached hydrogens (tertiary/aromatic N) is 4. The Morgan fingerprint density at radius 2 is 1.11 bits per heavy atom. The number of anilines is 2. The number of piperazine rings is 1. The Kier molecular flexibility index (Phi) is 30.6.